The van der Waals surface area contributed by atoms with Crippen LogP contribution >= 0.6 is 11.3 Å². The second kappa shape index (κ2) is 7.37. The Bertz CT molecular complexity index is 840. The Morgan fingerprint density at radius 2 is 2.25 bits per heavy atom. The van der Waals surface area contributed by atoms with E-state index in [2.05, 4.69) is 15.4 Å². The van der Waals surface area contributed by atoms with E-state index in [1.807, 2.05) is 36.7 Å². The normalized spacial score (nSPS) is 10.8. The lowest BCUT2D eigenvalue weighted by atomic mass is 10.1. The Balaban J connectivity index is 1.72. The van der Waals surface area contributed by atoms with Crippen LogP contribution in [0.4, 0.5) is 5.82 Å². The summed E-state index contributed by atoms with van der Waals surface area (Å²) in [5.41, 5.74) is 2.49. The van der Waals surface area contributed by atoms with Gasteiger partial charge in [-0.1, -0.05) is 12.1 Å². The molecule has 0 atom stereocenters. The van der Waals surface area contributed by atoms with Gasteiger partial charge in [-0.2, -0.15) is 5.10 Å². The number of ether oxygens (including phenoxy) is 1. The zero-order valence-corrected chi connectivity index (χ0v) is 14.3. The first-order chi connectivity index (χ1) is 11.7. The van der Waals surface area contributed by atoms with Gasteiger partial charge in [-0.15, -0.1) is 11.3 Å². The van der Waals surface area contributed by atoms with Crippen molar-refractivity contribution in [2.45, 2.75) is 13.5 Å². The lowest BCUT2D eigenvalue weighted by Crippen LogP contribution is -2.13. The molecule has 24 heavy (non-hydrogen) atoms. The summed E-state index contributed by atoms with van der Waals surface area (Å²) in [5, 5.41) is 10.0. The predicted molar refractivity (Wildman–Crippen MR) is 94.3 cm³/mol. The number of nitrogens with one attached hydrogen (secondary N) is 1. The molecule has 1 aromatic carbocycles. The first-order valence-electron chi connectivity index (χ1n) is 7.52. The molecule has 0 saturated carbocycles. The third-order valence-corrected chi connectivity index (χ3v) is 4.41. The van der Waals surface area contributed by atoms with Crippen LogP contribution in [0.3, 0.4) is 0 Å². The highest BCUT2D eigenvalue weighted by Crippen LogP contribution is 2.24. The molecule has 0 spiro atoms. The van der Waals surface area contributed by atoms with Gasteiger partial charge in [-0.05, 0) is 19.1 Å². The number of hydrogen-bond donors (Lipinski definition) is 1. The lowest BCUT2D eigenvalue weighted by molar-refractivity contribution is 0.102. The highest BCUT2D eigenvalue weighted by atomic mass is 32.1. The fraction of sp³-hybridized carbons (Fsp3) is 0.235. The van der Waals surface area contributed by atoms with Gasteiger partial charge in [0.25, 0.3) is 5.91 Å². The molecule has 6 nitrogen and oxygen atoms in total. The number of aryl methyl sites for hydroxylation is 1. The summed E-state index contributed by atoms with van der Waals surface area (Å²) in [6, 6.07) is 9.20. The molecule has 0 bridgehead atoms. The molecule has 0 saturated heterocycles. The molecule has 2 heterocycles. The molecule has 0 aliphatic carbocycles. The van der Waals surface area contributed by atoms with Gasteiger partial charge >= 0.3 is 0 Å². The van der Waals surface area contributed by atoms with Gasteiger partial charge in [0.15, 0.2) is 5.82 Å². The standard InChI is InChI=1S/C17H18N4O2S/c1-12-11-24-17(18-12)14-5-3-4-13(10-14)16(22)19-15-6-7-21(20-15)8-9-23-2/h3-7,10-11H,8-9H2,1-2H3,(H,19,20,22). The van der Waals surface area contributed by atoms with Crippen molar-refractivity contribution in [3.05, 3.63) is 53.2 Å². The van der Waals surface area contributed by atoms with Gasteiger partial charge in [-0.25, -0.2) is 4.98 Å². The van der Waals surface area contributed by atoms with Crippen molar-refractivity contribution in [1.82, 2.24) is 14.8 Å². The highest BCUT2D eigenvalue weighted by molar-refractivity contribution is 7.13. The monoisotopic (exact) mass is 342 g/mol. The summed E-state index contributed by atoms with van der Waals surface area (Å²) in [5.74, 6) is 0.328. The number of benzene rings is 1. The number of hydrogen-bond acceptors (Lipinski definition) is 5. The van der Waals surface area contributed by atoms with Gasteiger partial charge in [0, 0.05) is 41.6 Å². The molecule has 2 aromatic heterocycles. The summed E-state index contributed by atoms with van der Waals surface area (Å²) < 4.78 is 6.74. The van der Waals surface area contributed by atoms with Crippen LogP contribution in [0.2, 0.25) is 0 Å². The van der Waals surface area contributed by atoms with Crippen molar-refractivity contribution in [1.29, 1.82) is 0 Å². The number of thiazole rings is 1. The van der Waals surface area contributed by atoms with E-state index in [-0.39, 0.29) is 5.91 Å². The number of carbonyl (C=O) groups is 1. The van der Waals surface area contributed by atoms with E-state index in [1.165, 1.54) is 0 Å². The highest BCUT2D eigenvalue weighted by Gasteiger charge is 2.10. The summed E-state index contributed by atoms with van der Waals surface area (Å²) in [6.45, 7) is 3.17. The zero-order valence-electron chi connectivity index (χ0n) is 13.5. The van der Waals surface area contributed by atoms with Crippen LogP contribution in [0.15, 0.2) is 41.9 Å². The van der Waals surface area contributed by atoms with Crippen molar-refractivity contribution >= 4 is 23.1 Å². The molecule has 0 unspecified atom stereocenters. The van der Waals surface area contributed by atoms with Crippen molar-refractivity contribution in [3.8, 4) is 10.6 Å². The number of anilines is 1. The second-order valence-corrected chi connectivity index (χ2v) is 6.14. The molecule has 0 fully saturated rings. The predicted octanol–water partition coefficient (Wildman–Crippen LogP) is 3.21. The van der Waals surface area contributed by atoms with E-state index in [1.54, 1.807) is 35.3 Å². The number of rotatable bonds is 6. The smallest absolute Gasteiger partial charge is 0.256 e. The van der Waals surface area contributed by atoms with E-state index in [0.717, 1.165) is 16.3 Å². The van der Waals surface area contributed by atoms with Crippen LogP contribution in [0.25, 0.3) is 10.6 Å². The van der Waals surface area contributed by atoms with Crippen molar-refractivity contribution in [2.75, 3.05) is 19.0 Å². The molecular weight excluding hydrogens is 324 g/mol. The largest absolute Gasteiger partial charge is 0.383 e. The number of carbonyl (C=O) groups excluding carboxylic acids is 1. The van der Waals surface area contributed by atoms with Crippen LogP contribution in [0.5, 0.6) is 0 Å². The molecule has 124 valence electrons. The van der Waals surface area contributed by atoms with Crippen molar-refractivity contribution in [2.24, 2.45) is 0 Å². The molecule has 0 aliphatic heterocycles. The SMILES string of the molecule is COCCn1ccc(NC(=O)c2cccc(-c3nc(C)cs3)c2)n1. The number of methoxy groups -OCH3 is 1. The van der Waals surface area contributed by atoms with Crippen LogP contribution in [-0.2, 0) is 11.3 Å². The van der Waals surface area contributed by atoms with Crippen LogP contribution < -0.4 is 5.32 Å². The number of amides is 1. The van der Waals surface area contributed by atoms with E-state index in [4.69, 9.17) is 4.74 Å². The fourth-order valence-corrected chi connectivity index (χ4v) is 3.00. The molecule has 0 aliphatic rings. The third-order valence-electron chi connectivity index (χ3n) is 3.40. The minimum atomic E-state index is -0.192. The molecule has 3 rings (SSSR count). The molecular formula is C17H18N4O2S. The van der Waals surface area contributed by atoms with Gasteiger partial charge < -0.3 is 10.1 Å². The first-order valence-corrected chi connectivity index (χ1v) is 8.40. The Morgan fingerprint density at radius 3 is 3.00 bits per heavy atom. The molecule has 1 N–H and O–H groups in total. The van der Waals surface area contributed by atoms with Gasteiger partial charge in [-0.3, -0.25) is 9.48 Å². The lowest BCUT2D eigenvalue weighted by Gasteiger charge is -2.04. The van der Waals surface area contributed by atoms with E-state index in [9.17, 15) is 4.79 Å². The minimum Gasteiger partial charge on any atom is -0.383 e. The summed E-state index contributed by atoms with van der Waals surface area (Å²) in [4.78, 5) is 16.9. The average Bonchev–Trinajstić information content (AvgIpc) is 3.22. The van der Waals surface area contributed by atoms with Gasteiger partial charge in [0.2, 0.25) is 0 Å². The van der Waals surface area contributed by atoms with Crippen molar-refractivity contribution < 1.29 is 9.53 Å². The Hall–Kier alpha value is -2.51. The van der Waals surface area contributed by atoms with Crippen LogP contribution in [0, 0.1) is 6.92 Å². The third kappa shape index (κ3) is 3.87. The summed E-state index contributed by atoms with van der Waals surface area (Å²) >= 11 is 1.57. The van der Waals surface area contributed by atoms with Crippen LogP contribution in [-0.4, -0.2) is 34.4 Å². The number of nitrogens with zero attached hydrogens (tertiary/aromatic N) is 3. The minimum absolute atomic E-state index is 0.192. The van der Waals surface area contributed by atoms with Crippen molar-refractivity contribution in [3.63, 3.8) is 0 Å². The Morgan fingerprint density at radius 1 is 1.38 bits per heavy atom. The summed E-state index contributed by atoms with van der Waals surface area (Å²) in [6.07, 6.45) is 1.81. The van der Waals surface area contributed by atoms with E-state index >= 15 is 0 Å². The molecule has 1 amide bonds. The Kier molecular flexibility index (Phi) is 5.02. The van der Waals surface area contributed by atoms with Gasteiger partial charge in [0.1, 0.15) is 5.01 Å². The van der Waals surface area contributed by atoms with Gasteiger partial charge in [0.05, 0.1) is 13.2 Å². The second-order valence-electron chi connectivity index (χ2n) is 5.29. The van der Waals surface area contributed by atoms with E-state index in [0.29, 0.717) is 24.5 Å². The maximum atomic E-state index is 12.4. The number of aromatic nitrogens is 3. The van der Waals surface area contributed by atoms with E-state index < -0.39 is 0 Å². The maximum absolute atomic E-state index is 12.4. The molecule has 7 heteroatoms. The average molecular weight is 342 g/mol. The fourth-order valence-electron chi connectivity index (χ4n) is 2.21. The first kappa shape index (κ1) is 16.4. The van der Waals surface area contributed by atoms with Crippen LogP contribution in [0.1, 0.15) is 16.1 Å². The zero-order chi connectivity index (χ0) is 16.9. The summed E-state index contributed by atoms with van der Waals surface area (Å²) in [7, 11) is 1.64. The quantitative estimate of drug-likeness (QED) is 0.747. The molecule has 0 radical (unpaired) electrons. The maximum Gasteiger partial charge on any atom is 0.256 e. The molecule has 3 aromatic rings. The Labute approximate surface area is 144 Å². The topological polar surface area (TPSA) is 69.0 Å².